The highest BCUT2D eigenvalue weighted by molar-refractivity contribution is 6.33. The normalized spacial score (nSPS) is 13.4. The third-order valence-corrected chi connectivity index (χ3v) is 3.47. The number of hydrogen-bond acceptors (Lipinski definition) is 4. The molecule has 0 atom stereocenters. The molecule has 1 aromatic carbocycles. The van der Waals surface area contributed by atoms with E-state index in [-0.39, 0.29) is 5.69 Å². The average Bonchev–Trinajstić information content (AvgIpc) is 2.81. The molecule has 5 nitrogen and oxygen atoms in total. The molecule has 1 aromatic heterocycles. The standard InChI is InChI=1S/C13H10ClN3O2/c14-11-6-10(17(18)19)3-4-13(11)16-7-9-2-1-5-15-12(9)8-16/h1-6H,7-8H2. The highest BCUT2D eigenvalue weighted by Gasteiger charge is 2.22. The summed E-state index contributed by atoms with van der Waals surface area (Å²) < 4.78 is 0. The molecular weight excluding hydrogens is 266 g/mol. The molecule has 19 heavy (non-hydrogen) atoms. The van der Waals surface area contributed by atoms with E-state index in [9.17, 15) is 10.1 Å². The lowest BCUT2D eigenvalue weighted by atomic mass is 10.2. The van der Waals surface area contributed by atoms with Crippen LogP contribution in [0.25, 0.3) is 0 Å². The van der Waals surface area contributed by atoms with E-state index < -0.39 is 4.92 Å². The molecule has 1 aliphatic rings. The largest absolute Gasteiger partial charge is 0.360 e. The van der Waals surface area contributed by atoms with Crippen LogP contribution >= 0.6 is 11.6 Å². The highest BCUT2D eigenvalue weighted by atomic mass is 35.5. The van der Waals surface area contributed by atoms with Gasteiger partial charge in [-0.15, -0.1) is 0 Å². The Labute approximate surface area is 114 Å². The molecule has 3 rings (SSSR count). The van der Waals surface area contributed by atoms with E-state index >= 15 is 0 Å². The smallest absolute Gasteiger partial charge is 0.271 e. The maximum Gasteiger partial charge on any atom is 0.271 e. The van der Waals surface area contributed by atoms with E-state index in [1.807, 2.05) is 12.1 Å². The number of rotatable bonds is 2. The van der Waals surface area contributed by atoms with E-state index in [4.69, 9.17) is 11.6 Å². The minimum Gasteiger partial charge on any atom is -0.360 e. The zero-order chi connectivity index (χ0) is 13.4. The SMILES string of the molecule is O=[N+]([O-])c1ccc(N2Cc3cccnc3C2)c(Cl)c1. The van der Waals surface area contributed by atoms with Crippen molar-refractivity contribution in [3.63, 3.8) is 0 Å². The second-order valence-corrected chi connectivity index (χ2v) is 4.77. The second kappa shape index (κ2) is 4.51. The van der Waals surface area contributed by atoms with Gasteiger partial charge in [0.25, 0.3) is 5.69 Å². The van der Waals surface area contributed by atoms with Crippen LogP contribution in [0, 0.1) is 10.1 Å². The van der Waals surface area contributed by atoms with Gasteiger partial charge in [-0.3, -0.25) is 15.1 Å². The Hall–Kier alpha value is -2.14. The van der Waals surface area contributed by atoms with Crippen LogP contribution in [0.4, 0.5) is 11.4 Å². The van der Waals surface area contributed by atoms with Gasteiger partial charge >= 0.3 is 0 Å². The fraction of sp³-hybridized carbons (Fsp3) is 0.154. The molecule has 0 radical (unpaired) electrons. The summed E-state index contributed by atoms with van der Waals surface area (Å²) in [5.74, 6) is 0. The summed E-state index contributed by atoms with van der Waals surface area (Å²) in [6.07, 6.45) is 1.76. The molecule has 2 aromatic rings. The Bertz CT molecular complexity index is 635. The molecule has 0 unspecified atom stereocenters. The number of anilines is 1. The Morgan fingerprint density at radius 1 is 1.32 bits per heavy atom. The van der Waals surface area contributed by atoms with Crippen molar-refractivity contribution in [1.82, 2.24) is 4.98 Å². The molecule has 0 saturated heterocycles. The van der Waals surface area contributed by atoms with E-state index in [1.165, 1.54) is 12.1 Å². The number of aromatic nitrogens is 1. The monoisotopic (exact) mass is 275 g/mol. The summed E-state index contributed by atoms with van der Waals surface area (Å²) in [5.41, 5.74) is 2.99. The van der Waals surface area contributed by atoms with Gasteiger partial charge in [0.1, 0.15) is 0 Å². The van der Waals surface area contributed by atoms with Crippen molar-refractivity contribution in [3.05, 3.63) is 62.9 Å². The summed E-state index contributed by atoms with van der Waals surface area (Å²) in [4.78, 5) is 16.6. The molecular formula is C13H10ClN3O2. The molecule has 0 amide bonds. The number of nitro groups is 1. The number of hydrogen-bond donors (Lipinski definition) is 0. The number of nitro benzene ring substituents is 1. The van der Waals surface area contributed by atoms with Crippen molar-refractivity contribution in [2.24, 2.45) is 0 Å². The van der Waals surface area contributed by atoms with Crippen molar-refractivity contribution >= 4 is 23.0 Å². The van der Waals surface area contributed by atoms with Gasteiger partial charge in [0.15, 0.2) is 0 Å². The first-order valence-corrected chi connectivity index (χ1v) is 6.14. The molecule has 0 saturated carbocycles. The van der Waals surface area contributed by atoms with Crippen LogP contribution in [0.1, 0.15) is 11.3 Å². The molecule has 6 heteroatoms. The van der Waals surface area contributed by atoms with Crippen LogP contribution in [-0.4, -0.2) is 9.91 Å². The number of benzene rings is 1. The summed E-state index contributed by atoms with van der Waals surface area (Å²) in [6.45, 7) is 1.40. The Morgan fingerprint density at radius 3 is 2.84 bits per heavy atom. The second-order valence-electron chi connectivity index (χ2n) is 4.36. The third-order valence-electron chi connectivity index (χ3n) is 3.17. The molecule has 0 N–H and O–H groups in total. The molecule has 0 fully saturated rings. The van der Waals surface area contributed by atoms with Gasteiger partial charge in [-0.25, -0.2) is 0 Å². The Kier molecular flexibility index (Phi) is 2.83. The van der Waals surface area contributed by atoms with Crippen molar-refractivity contribution in [3.8, 4) is 0 Å². The van der Waals surface area contributed by atoms with Crippen LogP contribution < -0.4 is 4.90 Å². The number of nitrogens with zero attached hydrogens (tertiary/aromatic N) is 3. The summed E-state index contributed by atoms with van der Waals surface area (Å²) in [6, 6.07) is 8.47. The highest BCUT2D eigenvalue weighted by Crippen LogP contribution is 2.34. The molecule has 2 heterocycles. The lowest BCUT2D eigenvalue weighted by Crippen LogP contribution is -2.15. The van der Waals surface area contributed by atoms with E-state index in [0.29, 0.717) is 11.6 Å². The van der Waals surface area contributed by atoms with Crippen molar-refractivity contribution in [2.75, 3.05) is 4.90 Å². The molecule has 96 valence electrons. The third kappa shape index (κ3) is 2.13. The van der Waals surface area contributed by atoms with Crippen molar-refractivity contribution < 1.29 is 4.92 Å². The summed E-state index contributed by atoms with van der Waals surface area (Å²) >= 11 is 6.13. The predicted octanol–water partition coefficient (Wildman–Crippen LogP) is 3.16. The molecule has 0 bridgehead atoms. The van der Waals surface area contributed by atoms with Gasteiger partial charge in [0.2, 0.25) is 0 Å². The van der Waals surface area contributed by atoms with Crippen LogP contribution in [0.5, 0.6) is 0 Å². The molecule has 0 spiro atoms. The molecule has 1 aliphatic heterocycles. The van der Waals surface area contributed by atoms with Crippen LogP contribution in [0.3, 0.4) is 0 Å². The lowest BCUT2D eigenvalue weighted by Gasteiger charge is -2.18. The van der Waals surface area contributed by atoms with E-state index in [0.717, 1.165) is 23.5 Å². The van der Waals surface area contributed by atoms with Gasteiger partial charge in [0, 0.05) is 24.9 Å². The summed E-state index contributed by atoms with van der Waals surface area (Å²) in [7, 11) is 0. The van der Waals surface area contributed by atoms with Gasteiger partial charge in [-0.1, -0.05) is 17.7 Å². The average molecular weight is 276 g/mol. The first kappa shape index (κ1) is 11.9. The van der Waals surface area contributed by atoms with Gasteiger partial charge in [0.05, 0.1) is 27.9 Å². The number of non-ortho nitro benzene ring substituents is 1. The topological polar surface area (TPSA) is 59.3 Å². The van der Waals surface area contributed by atoms with Gasteiger partial charge in [-0.2, -0.15) is 0 Å². The lowest BCUT2D eigenvalue weighted by molar-refractivity contribution is -0.384. The maximum absolute atomic E-state index is 10.7. The first-order chi connectivity index (χ1) is 9.15. The fourth-order valence-corrected chi connectivity index (χ4v) is 2.53. The Morgan fingerprint density at radius 2 is 2.16 bits per heavy atom. The fourth-order valence-electron chi connectivity index (χ4n) is 2.24. The predicted molar refractivity (Wildman–Crippen MR) is 72.2 cm³/mol. The van der Waals surface area contributed by atoms with Crippen molar-refractivity contribution in [2.45, 2.75) is 13.1 Å². The zero-order valence-electron chi connectivity index (χ0n) is 9.91. The van der Waals surface area contributed by atoms with E-state index in [1.54, 1.807) is 12.3 Å². The number of halogens is 1. The quantitative estimate of drug-likeness (QED) is 0.624. The minimum absolute atomic E-state index is 0.00332. The van der Waals surface area contributed by atoms with Gasteiger partial charge in [-0.05, 0) is 17.7 Å². The van der Waals surface area contributed by atoms with Crippen LogP contribution in [0.2, 0.25) is 5.02 Å². The number of fused-ring (bicyclic) bond motifs is 1. The molecule has 0 aliphatic carbocycles. The van der Waals surface area contributed by atoms with Gasteiger partial charge < -0.3 is 4.90 Å². The minimum atomic E-state index is -0.448. The van der Waals surface area contributed by atoms with E-state index in [2.05, 4.69) is 9.88 Å². The maximum atomic E-state index is 10.7. The van der Waals surface area contributed by atoms with Crippen LogP contribution in [0.15, 0.2) is 36.5 Å². The number of pyridine rings is 1. The van der Waals surface area contributed by atoms with Crippen molar-refractivity contribution in [1.29, 1.82) is 0 Å². The first-order valence-electron chi connectivity index (χ1n) is 5.77. The van der Waals surface area contributed by atoms with Crippen LogP contribution in [-0.2, 0) is 13.1 Å². The Balaban J connectivity index is 1.91. The zero-order valence-corrected chi connectivity index (χ0v) is 10.7. The summed E-state index contributed by atoms with van der Waals surface area (Å²) in [5, 5.41) is 11.1.